The highest BCUT2D eigenvalue weighted by atomic mass is 79.9. The van der Waals surface area contributed by atoms with Crippen molar-refractivity contribution in [3.63, 3.8) is 0 Å². The van der Waals surface area contributed by atoms with E-state index in [2.05, 4.69) is 15.9 Å². The Kier molecular flexibility index (Phi) is 5.25. The number of thiophene rings is 1. The lowest BCUT2D eigenvalue weighted by Gasteiger charge is -1.92. The summed E-state index contributed by atoms with van der Waals surface area (Å²) in [7, 11) is 0. The minimum atomic E-state index is -0.845. The van der Waals surface area contributed by atoms with E-state index in [9.17, 15) is 4.79 Å². The van der Waals surface area contributed by atoms with E-state index in [0.29, 0.717) is 5.56 Å². The van der Waals surface area contributed by atoms with Gasteiger partial charge in [0.1, 0.15) is 0 Å². The van der Waals surface area contributed by atoms with Crippen molar-refractivity contribution < 1.29 is 9.90 Å². The smallest absolute Gasteiger partial charge is 0.337 e. The van der Waals surface area contributed by atoms with Gasteiger partial charge in [0.05, 0.1) is 9.35 Å². The Morgan fingerprint density at radius 2 is 1.85 bits per heavy atom. The Labute approximate surface area is 90.7 Å². The molecule has 0 amide bonds. The molecule has 74 valence electrons. The highest BCUT2D eigenvalue weighted by Gasteiger charge is 2.15. The quantitative estimate of drug-likeness (QED) is 0.837. The Hall–Kier alpha value is -0.350. The van der Waals surface area contributed by atoms with Crippen molar-refractivity contribution in [3.8, 4) is 0 Å². The average Bonchev–Trinajstić information content (AvgIpc) is 2.30. The van der Waals surface area contributed by atoms with E-state index in [1.54, 1.807) is 6.92 Å². The van der Waals surface area contributed by atoms with Crippen LogP contribution in [0.1, 0.15) is 34.6 Å². The van der Waals surface area contributed by atoms with Crippen LogP contribution in [0.25, 0.3) is 0 Å². The molecule has 1 N–H and O–H groups in total. The summed E-state index contributed by atoms with van der Waals surface area (Å²) in [5.74, 6) is -0.845. The van der Waals surface area contributed by atoms with Gasteiger partial charge in [-0.2, -0.15) is 0 Å². The maximum Gasteiger partial charge on any atom is 0.337 e. The maximum atomic E-state index is 10.6. The fraction of sp³-hybridized carbons (Fsp3) is 0.444. The summed E-state index contributed by atoms with van der Waals surface area (Å²) in [5, 5.41) is 8.75. The predicted molar refractivity (Wildman–Crippen MR) is 59.8 cm³/mol. The van der Waals surface area contributed by atoms with E-state index in [0.717, 1.165) is 14.2 Å². The van der Waals surface area contributed by atoms with Crippen LogP contribution in [0.3, 0.4) is 0 Å². The van der Waals surface area contributed by atoms with Crippen molar-refractivity contribution in [2.45, 2.75) is 27.7 Å². The van der Waals surface area contributed by atoms with Gasteiger partial charge in [0.2, 0.25) is 0 Å². The number of rotatable bonds is 1. The molecule has 13 heavy (non-hydrogen) atoms. The molecule has 0 saturated heterocycles. The van der Waals surface area contributed by atoms with Crippen LogP contribution in [0.2, 0.25) is 0 Å². The predicted octanol–water partition coefficient (Wildman–Crippen LogP) is 3.85. The summed E-state index contributed by atoms with van der Waals surface area (Å²) in [6.07, 6.45) is 0. The van der Waals surface area contributed by atoms with Gasteiger partial charge < -0.3 is 5.11 Å². The lowest BCUT2D eigenvalue weighted by molar-refractivity contribution is 0.0696. The molecule has 0 aliphatic heterocycles. The molecule has 0 unspecified atom stereocenters. The number of aromatic carboxylic acids is 1. The zero-order chi connectivity index (χ0) is 10.6. The molecular formula is C9H13BrO2S. The molecule has 2 nitrogen and oxygen atoms in total. The number of hydrogen-bond acceptors (Lipinski definition) is 2. The minimum absolute atomic E-state index is 0.432. The summed E-state index contributed by atoms with van der Waals surface area (Å²) in [6.45, 7) is 7.61. The number of aryl methyl sites for hydroxylation is 1. The van der Waals surface area contributed by atoms with Crippen molar-refractivity contribution in [2.75, 3.05) is 0 Å². The van der Waals surface area contributed by atoms with Gasteiger partial charge in [-0.25, -0.2) is 4.79 Å². The van der Waals surface area contributed by atoms with E-state index in [1.165, 1.54) is 11.3 Å². The topological polar surface area (TPSA) is 37.3 Å². The minimum Gasteiger partial charge on any atom is -0.478 e. The third-order valence-corrected chi connectivity index (χ3v) is 3.55. The molecule has 0 saturated carbocycles. The molecule has 1 rings (SSSR count). The number of carboxylic acids is 1. The number of carboxylic acid groups (broad SMARTS) is 1. The number of hydrogen-bond donors (Lipinski definition) is 1. The van der Waals surface area contributed by atoms with E-state index < -0.39 is 5.97 Å². The van der Waals surface area contributed by atoms with Crippen LogP contribution < -0.4 is 0 Å². The van der Waals surface area contributed by atoms with Crippen LogP contribution in [0.15, 0.2) is 3.79 Å². The second-order valence-corrected chi connectivity index (χ2v) is 4.78. The van der Waals surface area contributed by atoms with Crippen molar-refractivity contribution in [3.05, 3.63) is 19.8 Å². The molecule has 4 heteroatoms. The van der Waals surface area contributed by atoms with Crippen molar-refractivity contribution >= 4 is 33.2 Å². The van der Waals surface area contributed by atoms with Gasteiger partial charge in [0.25, 0.3) is 0 Å². The zero-order valence-electron chi connectivity index (χ0n) is 8.14. The first kappa shape index (κ1) is 12.7. The molecule has 0 aromatic carbocycles. The van der Waals surface area contributed by atoms with E-state index >= 15 is 0 Å². The van der Waals surface area contributed by atoms with Crippen LogP contribution in [-0.4, -0.2) is 11.1 Å². The van der Waals surface area contributed by atoms with Gasteiger partial charge in [-0.15, -0.1) is 11.3 Å². The Morgan fingerprint density at radius 3 is 2.00 bits per heavy atom. The standard InChI is InChI=1S/C7H7BrO2S.C2H6/c1-3-5(7(9)10)4(2)11-6(3)8;1-2/h1-2H3,(H,9,10);1-2H3. The molecule has 0 spiro atoms. The van der Waals surface area contributed by atoms with Gasteiger partial charge in [-0.3, -0.25) is 0 Å². The molecule has 1 aromatic heterocycles. The van der Waals surface area contributed by atoms with E-state index in [4.69, 9.17) is 5.11 Å². The van der Waals surface area contributed by atoms with Crippen LogP contribution in [-0.2, 0) is 0 Å². The number of halogens is 1. The molecule has 1 aromatic rings. The molecule has 0 atom stereocenters. The number of carbonyl (C=O) groups is 1. The molecule has 0 fully saturated rings. The monoisotopic (exact) mass is 264 g/mol. The van der Waals surface area contributed by atoms with Crippen LogP contribution in [0.4, 0.5) is 0 Å². The van der Waals surface area contributed by atoms with Gasteiger partial charge in [0.15, 0.2) is 0 Å². The fourth-order valence-corrected chi connectivity index (χ4v) is 2.73. The largest absolute Gasteiger partial charge is 0.478 e. The Morgan fingerprint density at radius 1 is 1.38 bits per heavy atom. The van der Waals surface area contributed by atoms with Crippen LogP contribution >= 0.6 is 27.3 Å². The lowest BCUT2D eigenvalue weighted by atomic mass is 10.2. The van der Waals surface area contributed by atoms with Crippen LogP contribution in [0.5, 0.6) is 0 Å². The summed E-state index contributed by atoms with van der Waals surface area (Å²) < 4.78 is 0.910. The fourth-order valence-electron chi connectivity index (χ4n) is 0.935. The van der Waals surface area contributed by atoms with Crippen molar-refractivity contribution in [1.29, 1.82) is 0 Å². The first-order chi connectivity index (χ1) is 6.04. The molecular weight excluding hydrogens is 252 g/mol. The third kappa shape index (κ3) is 2.81. The van der Waals surface area contributed by atoms with Gasteiger partial charge >= 0.3 is 5.97 Å². The van der Waals surface area contributed by atoms with Gasteiger partial charge in [-0.1, -0.05) is 13.8 Å². The SMILES string of the molecule is CC.Cc1sc(Br)c(C)c1C(=O)O. The summed E-state index contributed by atoms with van der Waals surface area (Å²) in [6, 6.07) is 0. The average molecular weight is 265 g/mol. The normalized spacial score (nSPS) is 9.00. The molecule has 0 aliphatic rings. The molecule has 0 radical (unpaired) electrons. The van der Waals surface area contributed by atoms with E-state index in [1.807, 2.05) is 20.8 Å². The summed E-state index contributed by atoms with van der Waals surface area (Å²) in [4.78, 5) is 11.5. The van der Waals surface area contributed by atoms with Crippen LogP contribution in [0, 0.1) is 13.8 Å². The Bertz CT molecular complexity index is 305. The second-order valence-electron chi connectivity index (χ2n) is 2.24. The second kappa shape index (κ2) is 5.40. The first-order valence-corrected chi connectivity index (χ1v) is 5.63. The van der Waals surface area contributed by atoms with Crippen molar-refractivity contribution in [2.24, 2.45) is 0 Å². The lowest BCUT2D eigenvalue weighted by Crippen LogP contribution is -1.97. The molecule has 0 aliphatic carbocycles. The first-order valence-electron chi connectivity index (χ1n) is 4.02. The van der Waals surface area contributed by atoms with Gasteiger partial charge in [0, 0.05) is 4.88 Å². The third-order valence-electron chi connectivity index (χ3n) is 1.48. The van der Waals surface area contributed by atoms with Crippen molar-refractivity contribution in [1.82, 2.24) is 0 Å². The van der Waals surface area contributed by atoms with Gasteiger partial charge in [-0.05, 0) is 35.3 Å². The maximum absolute atomic E-state index is 10.6. The Balaban J connectivity index is 0.000000671. The van der Waals surface area contributed by atoms with E-state index in [-0.39, 0.29) is 0 Å². The molecule has 1 heterocycles. The highest BCUT2D eigenvalue weighted by molar-refractivity contribution is 9.11. The summed E-state index contributed by atoms with van der Waals surface area (Å²) >= 11 is 4.75. The highest BCUT2D eigenvalue weighted by Crippen LogP contribution is 2.31. The molecule has 0 bridgehead atoms. The summed E-state index contributed by atoms with van der Waals surface area (Å²) in [5.41, 5.74) is 1.25. The zero-order valence-corrected chi connectivity index (χ0v) is 10.5.